The topological polar surface area (TPSA) is 48.4 Å². The summed E-state index contributed by atoms with van der Waals surface area (Å²) < 4.78 is 10.8. The zero-order valence-corrected chi connectivity index (χ0v) is 15.0. The highest BCUT2D eigenvalue weighted by molar-refractivity contribution is 7.13. The van der Waals surface area contributed by atoms with Crippen molar-refractivity contribution in [1.29, 1.82) is 0 Å². The van der Waals surface area contributed by atoms with E-state index < -0.39 is 5.97 Å². The Morgan fingerprint density at radius 2 is 1.84 bits per heavy atom. The number of hydrogen-bond acceptors (Lipinski definition) is 5. The number of esters is 1. The number of nitrogens with zero attached hydrogens (tertiary/aromatic N) is 1. The van der Waals surface area contributed by atoms with Gasteiger partial charge in [0.05, 0.1) is 0 Å². The molecule has 0 unspecified atom stereocenters. The Morgan fingerprint density at radius 1 is 1.04 bits per heavy atom. The molecule has 25 heavy (non-hydrogen) atoms. The van der Waals surface area contributed by atoms with Crippen molar-refractivity contribution < 1.29 is 14.3 Å². The number of rotatable bonds is 6. The summed E-state index contributed by atoms with van der Waals surface area (Å²) in [6, 6.07) is 15.8. The molecule has 3 aromatic rings. The summed E-state index contributed by atoms with van der Waals surface area (Å²) in [7, 11) is 0. The Bertz CT molecular complexity index is 855. The van der Waals surface area contributed by atoms with Crippen LogP contribution in [0.4, 0.5) is 0 Å². The minimum atomic E-state index is -0.428. The lowest BCUT2D eigenvalue weighted by Gasteiger charge is -2.07. The van der Waals surface area contributed by atoms with E-state index in [-0.39, 0.29) is 6.61 Å². The van der Waals surface area contributed by atoms with Gasteiger partial charge in [-0.15, -0.1) is 11.3 Å². The highest BCUT2D eigenvalue weighted by Gasteiger charge is 2.13. The van der Waals surface area contributed by atoms with Gasteiger partial charge in [0, 0.05) is 10.9 Å². The van der Waals surface area contributed by atoms with Crippen LogP contribution in [0.2, 0.25) is 0 Å². The van der Waals surface area contributed by atoms with Crippen LogP contribution in [-0.2, 0) is 4.74 Å². The van der Waals surface area contributed by atoms with Crippen molar-refractivity contribution in [2.24, 2.45) is 0 Å². The van der Waals surface area contributed by atoms with Crippen LogP contribution in [0.15, 0.2) is 53.9 Å². The molecule has 128 valence electrons. The van der Waals surface area contributed by atoms with Gasteiger partial charge in [0.2, 0.25) is 0 Å². The molecule has 5 heteroatoms. The molecule has 0 aliphatic heterocycles. The van der Waals surface area contributed by atoms with Gasteiger partial charge < -0.3 is 9.47 Å². The lowest BCUT2D eigenvalue weighted by atomic mass is 10.2. The Balaban J connectivity index is 1.51. The zero-order chi connectivity index (χ0) is 17.6. The molecule has 0 spiro atoms. The molecule has 0 aliphatic rings. The number of aryl methyl sites for hydroxylation is 2. The smallest absolute Gasteiger partial charge is 0.357 e. The number of hydrogen-bond donors (Lipinski definition) is 0. The van der Waals surface area contributed by atoms with Crippen LogP contribution >= 0.6 is 11.3 Å². The lowest BCUT2D eigenvalue weighted by molar-refractivity contribution is 0.0444. The number of ether oxygens (including phenoxy) is 2. The molecule has 1 aromatic heterocycles. The normalized spacial score (nSPS) is 10.5. The fourth-order valence-corrected chi connectivity index (χ4v) is 3.06. The molecule has 0 saturated heterocycles. The van der Waals surface area contributed by atoms with Crippen molar-refractivity contribution in [3.63, 3.8) is 0 Å². The Hall–Kier alpha value is -2.66. The van der Waals surface area contributed by atoms with Gasteiger partial charge in [-0.1, -0.05) is 42.0 Å². The molecule has 1 heterocycles. The molecule has 0 fully saturated rings. The molecule has 0 saturated carbocycles. The van der Waals surface area contributed by atoms with Gasteiger partial charge in [-0.2, -0.15) is 0 Å². The third kappa shape index (κ3) is 4.67. The summed E-state index contributed by atoms with van der Waals surface area (Å²) in [5.74, 6) is 0.341. The van der Waals surface area contributed by atoms with Gasteiger partial charge in [-0.05, 0) is 31.5 Å². The molecular weight excluding hydrogens is 334 g/mol. The summed E-state index contributed by atoms with van der Waals surface area (Å²) in [5.41, 5.74) is 3.64. The van der Waals surface area contributed by atoms with Gasteiger partial charge in [0.1, 0.15) is 24.0 Å². The molecule has 2 aromatic carbocycles. The third-order valence-electron chi connectivity index (χ3n) is 3.59. The van der Waals surface area contributed by atoms with E-state index in [0.717, 1.165) is 21.9 Å². The molecular formula is C20H19NO3S. The third-order valence-corrected chi connectivity index (χ3v) is 4.48. The van der Waals surface area contributed by atoms with Crippen molar-refractivity contribution in [3.05, 3.63) is 70.7 Å². The van der Waals surface area contributed by atoms with Crippen molar-refractivity contribution in [2.75, 3.05) is 13.2 Å². The lowest BCUT2D eigenvalue weighted by Crippen LogP contribution is -2.12. The molecule has 0 amide bonds. The van der Waals surface area contributed by atoms with Crippen molar-refractivity contribution in [1.82, 2.24) is 4.98 Å². The van der Waals surface area contributed by atoms with E-state index in [4.69, 9.17) is 9.47 Å². The molecule has 0 atom stereocenters. The summed E-state index contributed by atoms with van der Waals surface area (Å²) in [4.78, 5) is 16.4. The first kappa shape index (κ1) is 17.2. The molecule has 4 nitrogen and oxygen atoms in total. The summed E-state index contributed by atoms with van der Waals surface area (Å²) in [5, 5.41) is 2.53. The predicted octanol–water partition coefficient (Wildman–Crippen LogP) is 4.66. The minimum Gasteiger partial charge on any atom is -0.490 e. The average Bonchev–Trinajstić information content (AvgIpc) is 3.09. The summed E-state index contributed by atoms with van der Waals surface area (Å²) >= 11 is 1.43. The van der Waals surface area contributed by atoms with Crippen molar-refractivity contribution in [2.45, 2.75) is 13.8 Å². The van der Waals surface area contributed by atoms with Gasteiger partial charge >= 0.3 is 5.97 Å². The molecule has 0 radical (unpaired) electrons. The maximum absolute atomic E-state index is 12.1. The van der Waals surface area contributed by atoms with Gasteiger partial charge in [-0.25, -0.2) is 9.78 Å². The Labute approximate surface area is 151 Å². The maximum Gasteiger partial charge on any atom is 0.357 e. The highest BCUT2D eigenvalue weighted by atomic mass is 32.1. The Kier molecular flexibility index (Phi) is 5.46. The number of carbonyl (C=O) groups excluding carboxylic acids is 1. The minimum absolute atomic E-state index is 0.185. The van der Waals surface area contributed by atoms with Crippen LogP contribution in [0, 0.1) is 13.8 Å². The van der Waals surface area contributed by atoms with E-state index >= 15 is 0 Å². The average molecular weight is 353 g/mol. The fraction of sp³-hybridized carbons (Fsp3) is 0.200. The van der Waals surface area contributed by atoms with Crippen LogP contribution < -0.4 is 4.74 Å². The standard InChI is InChI=1S/C20H19NO3S/c1-14-6-8-16(9-7-14)19-21-18(13-25-19)20(22)24-11-10-23-17-5-3-4-15(2)12-17/h3-9,12-13H,10-11H2,1-2H3. The van der Waals surface area contributed by atoms with Gasteiger partial charge in [0.15, 0.2) is 5.69 Å². The van der Waals surface area contributed by atoms with Gasteiger partial charge in [-0.3, -0.25) is 0 Å². The highest BCUT2D eigenvalue weighted by Crippen LogP contribution is 2.24. The first-order valence-electron chi connectivity index (χ1n) is 8.01. The van der Waals surface area contributed by atoms with Crippen LogP contribution in [-0.4, -0.2) is 24.2 Å². The monoisotopic (exact) mass is 353 g/mol. The van der Waals surface area contributed by atoms with Crippen LogP contribution in [0.5, 0.6) is 5.75 Å². The van der Waals surface area contributed by atoms with Crippen LogP contribution in [0.25, 0.3) is 10.6 Å². The molecule has 0 N–H and O–H groups in total. The predicted molar refractivity (Wildman–Crippen MR) is 99.2 cm³/mol. The molecule has 3 rings (SSSR count). The van der Waals surface area contributed by atoms with E-state index in [1.54, 1.807) is 5.38 Å². The largest absolute Gasteiger partial charge is 0.490 e. The van der Waals surface area contributed by atoms with E-state index in [1.807, 2.05) is 62.4 Å². The number of aromatic nitrogens is 1. The van der Waals surface area contributed by atoms with Crippen molar-refractivity contribution in [3.8, 4) is 16.3 Å². The zero-order valence-electron chi connectivity index (χ0n) is 14.2. The molecule has 0 bridgehead atoms. The second-order valence-corrected chi connectivity index (χ2v) is 6.56. The first-order chi connectivity index (χ1) is 12.1. The van der Waals surface area contributed by atoms with E-state index in [2.05, 4.69) is 4.98 Å². The number of benzene rings is 2. The summed E-state index contributed by atoms with van der Waals surface area (Å²) in [6.07, 6.45) is 0. The SMILES string of the molecule is Cc1ccc(-c2nc(C(=O)OCCOc3cccc(C)c3)cs2)cc1. The van der Waals surface area contributed by atoms with E-state index in [1.165, 1.54) is 16.9 Å². The van der Waals surface area contributed by atoms with Crippen molar-refractivity contribution >= 4 is 17.3 Å². The fourth-order valence-electron chi connectivity index (χ4n) is 2.27. The second kappa shape index (κ2) is 7.94. The van der Waals surface area contributed by atoms with Gasteiger partial charge in [0.25, 0.3) is 0 Å². The molecule has 0 aliphatic carbocycles. The Morgan fingerprint density at radius 3 is 2.60 bits per heavy atom. The maximum atomic E-state index is 12.1. The summed E-state index contributed by atoms with van der Waals surface area (Å²) in [6.45, 7) is 4.53. The van der Waals surface area contributed by atoms with E-state index in [9.17, 15) is 4.79 Å². The van der Waals surface area contributed by atoms with E-state index in [0.29, 0.717) is 12.3 Å². The second-order valence-electron chi connectivity index (χ2n) is 5.70. The number of thiazole rings is 1. The van der Waals surface area contributed by atoms with Crippen LogP contribution in [0.1, 0.15) is 21.6 Å². The van der Waals surface area contributed by atoms with Crippen LogP contribution in [0.3, 0.4) is 0 Å². The first-order valence-corrected chi connectivity index (χ1v) is 8.89. The quantitative estimate of drug-likeness (QED) is 0.477. The number of carbonyl (C=O) groups is 1.